The number of urea groups is 1. The fourth-order valence-corrected chi connectivity index (χ4v) is 3.95. The van der Waals surface area contributed by atoms with Crippen LogP contribution in [0.15, 0.2) is 23.0 Å². The van der Waals surface area contributed by atoms with Crippen molar-refractivity contribution in [2.75, 3.05) is 19.6 Å². The number of nitrogens with zero attached hydrogens (tertiary/aromatic N) is 2. The van der Waals surface area contributed by atoms with Crippen molar-refractivity contribution in [3.05, 3.63) is 34.2 Å². The molecule has 0 aliphatic carbocycles. The summed E-state index contributed by atoms with van der Waals surface area (Å²) in [6.07, 6.45) is 3.45. The highest BCUT2D eigenvalue weighted by molar-refractivity contribution is 5.74. The van der Waals surface area contributed by atoms with Gasteiger partial charge in [0.25, 0.3) is 5.56 Å². The number of unbranched alkanes of at least 4 members (excludes halogenated alkanes) is 2. The van der Waals surface area contributed by atoms with Crippen LogP contribution >= 0.6 is 0 Å². The summed E-state index contributed by atoms with van der Waals surface area (Å²) in [7, 11) is 0. The molecule has 0 spiro atoms. The minimum absolute atomic E-state index is 0.0477. The number of carboxylic acids is 1. The molecule has 1 fully saturated rings. The summed E-state index contributed by atoms with van der Waals surface area (Å²) in [6.45, 7) is 2.58. The van der Waals surface area contributed by atoms with Crippen LogP contribution in [0.2, 0.25) is 0 Å². The Morgan fingerprint density at radius 3 is 2.80 bits per heavy atom. The molecular weight excluding hydrogens is 322 g/mol. The van der Waals surface area contributed by atoms with Crippen LogP contribution in [0.5, 0.6) is 0 Å². The second kappa shape index (κ2) is 7.72. The van der Waals surface area contributed by atoms with Crippen LogP contribution in [-0.4, -0.2) is 46.2 Å². The number of aliphatic carboxylic acids is 1. The molecular formula is C18H25N3O4. The van der Waals surface area contributed by atoms with Crippen LogP contribution in [0, 0.1) is 5.92 Å². The van der Waals surface area contributed by atoms with Gasteiger partial charge in [-0.2, -0.15) is 0 Å². The Morgan fingerprint density at radius 1 is 1.16 bits per heavy atom. The number of piperidine rings is 1. The molecule has 3 rings (SSSR count). The van der Waals surface area contributed by atoms with Crippen LogP contribution in [0.4, 0.5) is 4.79 Å². The van der Waals surface area contributed by atoms with Gasteiger partial charge in [-0.05, 0) is 31.2 Å². The molecule has 25 heavy (non-hydrogen) atoms. The highest BCUT2D eigenvalue weighted by atomic mass is 16.4. The largest absolute Gasteiger partial charge is 0.481 e. The molecule has 2 aliphatic heterocycles. The Bertz CT molecular complexity index is 700. The lowest BCUT2D eigenvalue weighted by Crippen LogP contribution is -2.52. The van der Waals surface area contributed by atoms with E-state index in [1.807, 2.05) is 15.5 Å². The molecule has 0 aromatic carbocycles. The zero-order valence-corrected chi connectivity index (χ0v) is 14.3. The van der Waals surface area contributed by atoms with E-state index in [9.17, 15) is 14.4 Å². The molecule has 1 aromatic heterocycles. The Labute approximate surface area is 146 Å². The molecule has 2 atom stereocenters. The number of carboxylic acid groups (broad SMARTS) is 1. The molecule has 0 radical (unpaired) electrons. The number of nitrogens with one attached hydrogen (secondary N) is 1. The quantitative estimate of drug-likeness (QED) is 0.765. The van der Waals surface area contributed by atoms with Crippen molar-refractivity contribution < 1.29 is 14.7 Å². The smallest absolute Gasteiger partial charge is 0.317 e. The van der Waals surface area contributed by atoms with E-state index in [1.165, 1.54) is 0 Å². The van der Waals surface area contributed by atoms with Crippen molar-refractivity contribution in [2.24, 2.45) is 5.92 Å². The lowest BCUT2D eigenvalue weighted by molar-refractivity contribution is -0.137. The molecule has 1 aromatic rings. The predicted octanol–water partition coefficient (Wildman–Crippen LogP) is 1.62. The van der Waals surface area contributed by atoms with Gasteiger partial charge in [0.1, 0.15) is 0 Å². The monoisotopic (exact) mass is 347 g/mol. The first-order valence-corrected chi connectivity index (χ1v) is 8.99. The third-order valence-electron chi connectivity index (χ3n) is 5.11. The van der Waals surface area contributed by atoms with Crippen LogP contribution in [0.1, 0.15) is 43.7 Å². The van der Waals surface area contributed by atoms with Gasteiger partial charge in [0.2, 0.25) is 0 Å². The van der Waals surface area contributed by atoms with Gasteiger partial charge in [-0.25, -0.2) is 4.79 Å². The summed E-state index contributed by atoms with van der Waals surface area (Å²) in [5.74, 6) is -0.223. The molecule has 7 nitrogen and oxygen atoms in total. The molecule has 1 unspecified atom stereocenters. The average molecular weight is 347 g/mol. The standard InChI is InChI=1S/C18H25N3O4/c22-16-6-4-5-15-14-9-13(11-21(15)16)10-20(12-14)18(25)19-8-3-1-2-7-17(23)24/h4-6,13-14H,1-3,7-12H2,(H,19,25)(H,23,24)/t13-,14?/m1/s1. The predicted molar refractivity (Wildman–Crippen MR) is 92.6 cm³/mol. The summed E-state index contributed by atoms with van der Waals surface area (Å²) < 4.78 is 1.86. The minimum atomic E-state index is -0.775. The molecule has 2 aliphatic rings. The molecule has 136 valence electrons. The first-order valence-electron chi connectivity index (χ1n) is 8.99. The number of aromatic nitrogens is 1. The third-order valence-corrected chi connectivity index (χ3v) is 5.11. The number of carbonyl (C=O) groups is 2. The fraction of sp³-hybridized carbons (Fsp3) is 0.611. The second-order valence-corrected chi connectivity index (χ2v) is 7.04. The van der Waals surface area contributed by atoms with Crippen LogP contribution in [0.25, 0.3) is 0 Å². The summed E-state index contributed by atoms with van der Waals surface area (Å²) in [4.78, 5) is 36.7. The molecule has 1 saturated heterocycles. The maximum absolute atomic E-state index is 12.4. The first-order chi connectivity index (χ1) is 12.0. The Morgan fingerprint density at radius 2 is 2.00 bits per heavy atom. The lowest BCUT2D eigenvalue weighted by Gasteiger charge is -2.42. The number of hydrogen-bond acceptors (Lipinski definition) is 3. The number of hydrogen-bond donors (Lipinski definition) is 2. The Hall–Kier alpha value is -2.31. The molecule has 2 amide bonds. The summed E-state index contributed by atoms with van der Waals surface area (Å²) in [6, 6.07) is 5.33. The normalized spacial score (nSPS) is 21.5. The first kappa shape index (κ1) is 17.5. The van der Waals surface area contributed by atoms with Crippen molar-refractivity contribution in [3.63, 3.8) is 0 Å². The minimum Gasteiger partial charge on any atom is -0.481 e. The topological polar surface area (TPSA) is 91.6 Å². The maximum atomic E-state index is 12.4. The van der Waals surface area contributed by atoms with E-state index in [-0.39, 0.29) is 23.9 Å². The van der Waals surface area contributed by atoms with Gasteiger partial charge >= 0.3 is 12.0 Å². The van der Waals surface area contributed by atoms with E-state index in [4.69, 9.17) is 5.11 Å². The Kier molecular flexibility index (Phi) is 5.40. The molecule has 3 heterocycles. The van der Waals surface area contributed by atoms with Crippen molar-refractivity contribution >= 4 is 12.0 Å². The number of rotatable bonds is 6. The van der Waals surface area contributed by atoms with Crippen molar-refractivity contribution in [1.29, 1.82) is 0 Å². The summed E-state index contributed by atoms with van der Waals surface area (Å²) in [5.41, 5.74) is 1.08. The second-order valence-electron chi connectivity index (χ2n) is 7.04. The zero-order chi connectivity index (χ0) is 17.8. The van der Waals surface area contributed by atoms with E-state index in [0.717, 1.165) is 25.0 Å². The third kappa shape index (κ3) is 4.21. The molecule has 0 saturated carbocycles. The highest BCUT2D eigenvalue weighted by Crippen LogP contribution is 2.34. The van der Waals surface area contributed by atoms with E-state index in [2.05, 4.69) is 5.32 Å². The van der Waals surface area contributed by atoms with Gasteiger partial charge in [0.15, 0.2) is 0 Å². The van der Waals surface area contributed by atoms with E-state index >= 15 is 0 Å². The number of likely N-dealkylation sites (tertiary alicyclic amines) is 1. The van der Waals surface area contributed by atoms with Crippen molar-refractivity contribution in [1.82, 2.24) is 14.8 Å². The van der Waals surface area contributed by atoms with Gasteiger partial charge in [-0.15, -0.1) is 0 Å². The lowest BCUT2D eigenvalue weighted by atomic mass is 9.83. The van der Waals surface area contributed by atoms with Crippen molar-refractivity contribution in [2.45, 2.75) is 44.6 Å². The molecule has 2 N–H and O–H groups in total. The number of fused-ring (bicyclic) bond motifs is 4. The maximum Gasteiger partial charge on any atom is 0.317 e. The summed E-state index contributed by atoms with van der Waals surface area (Å²) in [5, 5.41) is 11.5. The average Bonchev–Trinajstić information content (AvgIpc) is 2.58. The van der Waals surface area contributed by atoms with E-state index in [0.29, 0.717) is 38.5 Å². The molecule has 2 bridgehead atoms. The Balaban J connectivity index is 1.50. The number of amides is 2. The number of pyridine rings is 1. The van der Waals surface area contributed by atoms with Crippen LogP contribution < -0.4 is 10.9 Å². The number of carbonyl (C=O) groups excluding carboxylic acids is 1. The van der Waals surface area contributed by atoms with Crippen molar-refractivity contribution in [3.8, 4) is 0 Å². The highest BCUT2D eigenvalue weighted by Gasteiger charge is 2.36. The van der Waals surface area contributed by atoms with Gasteiger partial charge in [-0.3, -0.25) is 9.59 Å². The van der Waals surface area contributed by atoms with E-state index in [1.54, 1.807) is 12.1 Å². The molecule has 7 heteroatoms. The SMILES string of the molecule is O=C(O)CCCCCNC(=O)N1CC2C[C@H](C1)Cn1c2cccc1=O. The van der Waals surface area contributed by atoms with Gasteiger partial charge in [0, 0.05) is 50.3 Å². The van der Waals surface area contributed by atoms with Gasteiger partial charge < -0.3 is 19.9 Å². The van der Waals surface area contributed by atoms with Gasteiger partial charge in [-0.1, -0.05) is 12.5 Å². The van der Waals surface area contributed by atoms with Gasteiger partial charge in [0.05, 0.1) is 0 Å². The zero-order valence-electron chi connectivity index (χ0n) is 14.3. The van der Waals surface area contributed by atoms with E-state index < -0.39 is 5.97 Å². The van der Waals surface area contributed by atoms with Crippen LogP contribution in [-0.2, 0) is 11.3 Å². The summed E-state index contributed by atoms with van der Waals surface area (Å²) >= 11 is 0. The fourth-order valence-electron chi connectivity index (χ4n) is 3.95. The van der Waals surface area contributed by atoms with Crippen LogP contribution in [0.3, 0.4) is 0 Å².